The molecule has 0 radical (unpaired) electrons. The molecule has 0 saturated heterocycles. The molecule has 6 heteroatoms. The fourth-order valence-corrected chi connectivity index (χ4v) is 2.92. The van der Waals surface area contributed by atoms with Crippen LogP contribution in [0.4, 0.5) is 0 Å². The van der Waals surface area contributed by atoms with E-state index in [1.54, 1.807) is 0 Å². The SMILES string of the molecule is NC1=CC2=NC1=CC1=NC(=CC3=NC(=CC4=NC(=C2)C=C4)C=C3)C=C1.[H-].[H-].[Mg+2]. The summed E-state index contributed by atoms with van der Waals surface area (Å²) in [5, 5.41) is 0. The minimum absolute atomic E-state index is 0. The quantitative estimate of drug-likeness (QED) is 0.671. The van der Waals surface area contributed by atoms with Gasteiger partial charge in [0.2, 0.25) is 0 Å². The fraction of sp³-hybridized carbons (Fsp3) is 0. The van der Waals surface area contributed by atoms with Crippen LogP contribution in [-0.4, -0.2) is 45.9 Å². The fourth-order valence-electron chi connectivity index (χ4n) is 2.92. The Bertz CT molecular complexity index is 1090. The topological polar surface area (TPSA) is 75.5 Å². The smallest absolute Gasteiger partial charge is 1.00 e. The van der Waals surface area contributed by atoms with Crippen molar-refractivity contribution in [1.82, 2.24) is 0 Å². The van der Waals surface area contributed by atoms with E-state index in [9.17, 15) is 0 Å². The van der Waals surface area contributed by atoms with E-state index >= 15 is 0 Å². The molecular weight excluding hydrogens is 335 g/mol. The molecule has 0 fully saturated rings. The Labute approximate surface area is 169 Å². The molecule has 5 rings (SSSR count). The van der Waals surface area contributed by atoms with E-state index in [-0.39, 0.29) is 25.9 Å². The zero-order valence-electron chi connectivity index (χ0n) is 15.9. The maximum atomic E-state index is 6.09. The van der Waals surface area contributed by atoms with Crippen molar-refractivity contribution in [3.05, 3.63) is 95.3 Å². The van der Waals surface area contributed by atoms with Gasteiger partial charge in [0.1, 0.15) is 0 Å². The monoisotopic (exact) mass is 349 g/mol. The van der Waals surface area contributed by atoms with Gasteiger partial charge in [-0.15, -0.1) is 0 Å². The molecule has 0 amide bonds. The molecule has 5 aliphatic rings. The molecule has 0 aromatic heterocycles. The Kier molecular flexibility index (Phi) is 4.14. The van der Waals surface area contributed by atoms with Gasteiger partial charge in [-0.2, -0.15) is 0 Å². The van der Waals surface area contributed by atoms with E-state index < -0.39 is 0 Å². The van der Waals surface area contributed by atoms with Crippen molar-refractivity contribution in [2.45, 2.75) is 0 Å². The summed E-state index contributed by atoms with van der Waals surface area (Å²) in [6.07, 6.45) is 21.3. The number of nitrogens with two attached hydrogens (primary N) is 1. The minimum atomic E-state index is 0. The van der Waals surface area contributed by atoms with E-state index in [1.807, 2.05) is 66.8 Å². The number of hydrogen-bond acceptors (Lipinski definition) is 5. The second-order valence-corrected chi connectivity index (χ2v) is 5.98. The normalized spacial score (nSPS) is 21.8. The Morgan fingerprint density at radius 1 is 0.538 bits per heavy atom. The van der Waals surface area contributed by atoms with Crippen LogP contribution in [0.1, 0.15) is 2.85 Å². The van der Waals surface area contributed by atoms with Crippen molar-refractivity contribution in [3.63, 3.8) is 0 Å². The average molecular weight is 350 g/mol. The van der Waals surface area contributed by atoms with Gasteiger partial charge in [0.25, 0.3) is 0 Å². The number of allylic oxidation sites excluding steroid dienone is 11. The summed E-state index contributed by atoms with van der Waals surface area (Å²) in [6.45, 7) is 0. The van der Waals surface area contributed by atoms with Gasteiger partial charge in [0.05, 0.1) is 51.3 Å². The number of aliphatic imine (C=N–C) groups is 4. The Balaban J connectivity index is 0.000000934. The first-order valence-corrected chi connectivity index (χ1v) is 7.95. The van der Waals surface area contributed by atoms with Crippen LogP contribution in [0.5, 0.6) is 0 Å². The third kappa shape index (κ3) is 3.16. The van der Waals surface area contributed by atoms with Crippen molar-refractivity contribution in [3.8, 4) is 0 Å². The molecule has 0 aromatic carbocycles. The van der Waals surface area contributed by atoms with E-state index in [0.29, 0.717) is 5.70 Å². The van der Waals surface area contributed by atoms with Crippen molar-refractivity contribution < 1.29 is 2.85 Å². The third-order valence-electron chi connectivity index (χ3n) is 4.07. The number of fused-ring (bicyclic) bond motifs is 4. The van der Waals surface area contributed by atoms with Crippen molar-refractivity contribution in [1.29, 1.82) is 0 Å². The average Bonchev–Trinajstić information content (AvgIpc) is 3.33. The Hall–Kier alpha value is -2.83. The van der Waals surface area contributed by atoms with Crippen LogP contribution >= 0.6 is 0 Å². The summed E-state index contributed by atoms with van der Waals surface area (Å²) in [7, 11) is 0. The van der Waals surface area contributed by atoms with Crippen LogP contribution in [0.2, 0.25) is 0 Å². The van der Waals surface area contributed by atoms with Crippen LogP contribution in [0.25, 0.3) is 0 Å². The van der Waals surface area contributed by atoms with Gasteiger partial charge < -0.3 is 8.59 Å². The van der Waals surface area contributed by atoms with E-state index in [1.165, 1.54) is 0 Å². The van der Waals surface area contributed by atoms with E-state index in [0.717, 1.165) is 45.6 Å². The van der Waals surface area contributed by atoms with Crippen molar-refractivity contribution in [2.75, 3.05) is 0 Å². The molecule has 5 aliphatic heterocycles. The first-order chi connectivity index (χ1) is 12.2. The summed E-state index contributed by atoms with van der Waals surface area (Å²) in [5.74, 6) is 0. The molecule has 8 bridgehead atoms. The van der Waals surface area contributed by atoms with Crippen LogP contribution < -0.4 is 5.73 Å². The predicted octanol–water partition coefficient (Wildman–Crippen LogP) is 2.71. The zero-order valence-corrected chi connectivity index (χ0v) is 15.3. The number of rotatable bonds is 0. The van der Waals surface area contributed by atoms with E-state index in [2.05, 4.69) is 20.0 Å². The minimum Gasteiger partial charge on any atom is -1.00 e. The van der Waals surface area contributed by atoms with Crippen molar-refractivity contribution >= 4 is 45.9 Å². The third-order valence-corrected chi connectivity index (χ3v) is 4.07. The van der Waals surface area contributed by atoms with Gasteiger partial charge in [-0.25, -0.2) is 20.0 Å². The van der Waals surface area contributed by atoms with E-state index in [4.69, 9.17) is 5.73 Å². The summed E-state index contributed by atoms with van der Waals surface area (Å²) in [4.78, 5) is 18.3. The molecule has 0 saturated carbocycles. The molecule has 0 aromatic rings. The standard InChI is InChI=1S/C20H13N5.Mg.2H/c21-19-10-18-9-16-4-3-14(23-16)7-12-1-2-13(22-12)8-15-5-6-17(24-15)11-20(19)25-18;;;/h1-11H,21H2;;;/q;+2;2*-1. The van der Waals surface area contributed by atoms with Crippen molar-refractivity contribution in [2.24, 2.45) is 25.7 Å². The van der Waals surface area contributed by atoms with Gasteiger partial charge in [-0.05, 0) is 66.8 Å². The largest absolute Gasteiger partial charge is 2.00 e. The van der Waals surface area contributed by atoms with Gasteiger partial charge >= 0.3 is 23.1 Å². The number of hydrogen-bond donors (Lipinski definition) is 1. The first kappa shape index (κ1) is 16.6. The summed E-state index contributed by atoms with van der Waals surface area (Å²) < 4.78 is 0. The molecule has 5 nitrogen and oxygen atoms in total. The molecule has 0 atom stereocenters. The summed E-state index contributed by atoms with van der Waals surface area (Å²) in [6, 6.07) is 0. The molecular formula is C20H15MgN5. The van der Waals surface area contributed by atoms with Gasteiger partial charge in [-0.1, -0.05) is 0 Å². The van der Waals surface area contributed by atoms with Crippen LogP contribution in [-0.2, 0) is 0 Å². The number of nitrogens with zero attached hydrogens (tertiary/aromatic N) is 4. The van der Waals surface area contributed by atoms with Gasteiger partial charge in [-0.3, -0.25) is 0 Å². The zero-order chi connectivity index (χ0) is 16.8. The maximum absolute atomic E-state index is 6.09. The molecule has 0 spiro atoms. The Morgan fingerprint density at radius 3 is 1.54 bits per heavy atom. The summed E-state index contributed by atoms with van der Waals surface area (Å²) in [5.41, 5.74) is 13.3. The molecule has 5 heterocycles. The second kappa shape index (κ2) is 6.47. The Morgan fingerprint density at radius 2 is 1.00 bits per heavy atom. The van der Waals surface area contributed by atoms with Crippen LogP contribution in [0, 0.1) is 0 Å². The predicted molar refractivity (Wildman–Crippen MR) is 110 cm³/mol. The molecule has 2 N–H and O–H groups in total. The maximum Gasteiger partial charge on any atom is 2.00 e. The van der Waals surface area contributed by atoms with Crippen LogP contribution in [0.15, 0.2) is 115 Å². The summed E-state index contributed by atoms with van der Waals surface area (Å²) >= 11 is 0. The van der Waals surface area contributed by atoms with Crippen LogP contribution in [0.3, 0.4) is 0 Å². The molecule has 26 heavy (non-hydrogen) atoms. The molecule has 0 aliphatic carbocycles. The molecule has 0 unspecified atom stereocenters. The second-order valence-electron chi connectivity index (χ2n) is 5.98. The molecule has 122 valence electrons. The first-order valence-electron chi connectivity index (χ1n) is 7.95. The van der Waals surface area contributed by atoms with Gasteiger partial charge in [0.15, 0.2) is 0 Å². The van der Waals surface area contributed by atoms with Gasteiger partial charge in [0, 0.05) is 0 Å².